The Balaban J connectivity index is 2.02. The van der Waals surface area contributed by atoms with Gasteiger partial charge in [-0.2, -0.15) is 13.2 Å². The van der Waals surface area contributed by atoms with Gasteiger partial charge in [0.2, 0.25) is 0 Å². The molecule has 4 rings (SSSR count). The zero-order valence-electron chi connectivity index (χ0n) is 15.9. The Morgan fingerprint density at radius 2 is 1.45 bits per heavy atom. The van der Waals surface area contributed by atoms with E-state index in [1.807, 2.05) is 24.3 Å². The number of para-hydroxylation sites is 1. The summed E-state index contributed by atoms with van der Waals surface area (Å²) in [5.74, 6) is -1.11. The summed E-state index contributed by atoms with van der Waals surface area (Å²) in [5.41, 5.74) is 1.48. The summed E-state index contributed by atoms with van der Waals surface area (Å²) >= 11 is 3.37. The fraction of sp³-hybridized carbons (Fsp3) is 0.0417. The minimum Gasteiger partial charge on any atom is -0.478 e. The molecule has 1 heterocycles. The first-order chi connectivity index (χ1) is 14.8. The molecule has 0 unspecified atom stereocenters. The second-order valence-corrected chi connectivity index (χ2v) is 7.76. The van der Waals surface area contributed by atoms with Crippen molar-refractivity contribution in [1.29, 1.82) is 0 Å². The lowest BCUT2D eigenvalue weighted by molar-refractivity contribution is -0.137. The summed E-state index contributed by atoms with van der Waals surface area (Å²) in [4.78, 5) is 11.4. The number of carbonyl (C=O) groups is 1. The van der Waals surface area contributed by atoms with Crippen molar-refractivity contribution in [3.05, 3.63) is 101 Å². The van der Waals surface area contributed by atoms with E-state index in [4.69, 9.17) is 0 Å². The van der Waals surface area contributed by atoms with Crippen LogP contribution in [0.4, 0.5) is 13.2 Å². The van der Waals surface area contributed by atoms with E-state index in [2.05, 4.69) is 15.9 Å². The third kappa shape index (κ3) is 4.14. The molecule has 0 aliphatic rings. The van der Waals surface area contributed by atoms with Gasteiger partial charge in [0.25, 0.3) is 0 Å². The molecule has 3 nitrogen and oxygen atoms in total. The van der Waals surface area contributed by atoms with Crippen LogP contribution in [0.3, 0.4) is 0 Å². The standard InChI is InChI=1S/C24H15BrF3NO2/c25-18-10-8-15(9-11-18)20-12-13-21(16-4-3-5-17(14-16)23(30)31)29(20)22-7-2-1-6-19(22)24(26,27)28/h1-14H,(H,30,31). The van der Waals surface area contributed by atoms with E-state index >= 15 is 0 Å². The van der Waals surface area contributed by atoms with Crippen molar-refractivity contribution in [2.45, 2.75) is 6.18 Å². The molecule has 0 saturated carbocycles. The van der Waals surface area contributed by atoms with E-state index in [9.17, 15) is 23.1 Å². The maximum Gasteiger partial charge on any atom is 0.418 e. The predicted molar refractivity (Wildman–Crippen MR) is 116 cm³/mol. The molecule has 0 aliphatic heterocycles. The molecule has 0 atom stereocenters. The van der Waals surface area contributed by atoms with Crippen molar-refractivity contribution in [3.63, 3.8) is 0 Å². The number of nitrogens with zero attached hydrogens (tertiary/aromatic N) is 1. The Kier molecular flexibility index (Phi) is 5.45. The Morgan fingerprint density at radius 1 is 0.806 bits per heavy atom. The van der Waals surface area contributed by atoms with Crippen LogP contribution in [-0.4, -0.2) is 15.6 Å². The van der Waals surface area contributed by atoms with Crippen molar-refractivity contribution in [2.24, 2.45) is 0 Å². The molecule has 0 amide bonds. The van der Waals surface area contributed by atoms with Crippen LogP contribution in [0.2, 0.25) is 0 Å². The van der Waals surface area contributed by atoms with E-state index in [-0.39, 0.29) is 11.3 Å². The van der Waals surface area contributed by atoms with E-state index in [1.165, 1.54) is 28.8 Å². The second kappa shape index (κ2) is 8.07. The fourth-order valence-corrected chi connectivity index (χ4v) is 3.75. The van der Waals surface area contributed by atoms with Crippen molar-refractivity contribution in [1.82, 2.24) is 4.57 Å². The van der Waals surface area contributed by atoms with E-state index in [0.717, 1.165) is 16.1 Å². The number of aromatic carboxylic acids is 1. The van der Waals surface area contributed by atoms with Gasteiger partial charge in [0.1, 0.15) is 0 Å². The molecular weight excluding hydrogens is 471 g/mol. The van der Waals surface area contributed by atoms with Crippen LogP contribution in [0.1, 0.15) is 15.9 Å². The van der Waals surface area contributed by atoms with E-state index in [0.29, 0.717) is 17.0 Å². The molecule has 0 saturated heterocycles. The minimum atomic E-state index is -4.56. The predicted octanol–water partition coefficient (Wildman–Crippen LogP) is 7.29. The monoisotopic (exact) mass is 485 g/mol. The molecule has 1 aromatic heterocycles. The Labute approximate surface area is 184 Å². The summed E-state index contributed by atoms with van der Waals surface area (Å²) in [7, 11) is 0. The van der Waals surface area contributed by atoms with Crippen LogP contribution in [0.5, 0.6) is 0 Å². The highest BCUT2D eigenvalue weighted by atomic mass is 79.9. The van der Waals surface area contributed by atoms with Gasteiger partial charge in [-0.15, -0.1) is 0 Å². The smallest absolute Gasteiger partial charge is 0.418 e. The first-order valence-electron chi connectivity index (χ1n) is 9.24. The van der Waals surface area contributed by atoms with Gasteiger partial charge in [-0.25, -0.2) is 4.79 Å². The first-order valence-corrected chi connectivity index (χ1v) is 10.0. The average Bonchev–Trinajstić information content (AvgIpc) is 3.19. The van der Waals surface area contributed by atoms with Gasteiger partial charge in [-0.3, -0.25) is 0 Å². The number of hydrogen-bond acceptors (Lipinski definition) is 1. The number of aromatic nitrogens is 1. The molecular formula is C24H15BrF3NO2. The molecule has 0 fully saturated rings. The van der Waals surface area contributed by atoms with Crippen LogP contribution in [0.25, 0.3) is 28.2 Å². The molecule has 0 aliphatic carbocycles. The summed E-state index contributed by atoms with van der Waals surface area (Å²) in [5, 5.41) is 9.34. The summed E-state index contributed by atoms with van der Waals surface area (Å²) in [6.45, 7) is 0. The Morgan fingerprint density at radius 3 is 2.10 bits per heavy atom. The first kappa shape index (κ1) is 20.9. The van der Waals surface area contributed by atoms with Crippen LogP contribution in [-0.2, 0) is 6.18 Å². The molecule has 0 radical (unpaired) electrons. The maximum absolute atomic E-state index is 13.8. The Hall–Kier alpha value is -3.32. The molecule has 31 heavy (non-hydrogen) atoms. The highest BCUT2D eigenvalue weighted by molar-refractivity contribution is 9.10. The van der Waals surface area contributed by atoms with Gasteiger partial charge >= 0.3 is 12.1 Å². The normalized spacial score (nSPS) is 11.5. The highest BCUT2D eigenvalue weighted by Crippen LogP contribution is 2.39. The summed E-state index contributed by atoms with van der Waals surface area (Å²) in [6, 6.07) is 22.2. The maximum atomic E-state index is 13.8. The third-order valence-corrected chi connectivity index (χ3v) is 5.41. The molecule has 7 heteroatoms. The second-order valence-electron chi connectivity index (χ2n) is 6.85. The van der Waals surface area contributed by atoms with Crippen molar-refractivity contribution in [3.8, 4) is 28.2 Å². The number of hydrogen-bond donors (Lipinski definition) is 1. The summed E-state index contributed by atoms with van der Waals surface area (Å²) in [6.07, 6.45) is -4.56. The van der Waals surface area contributed by atoms with Crippen LogP contribution in [0.15, 0.2) is 89.4 Å². The van der Waals surface area contributed by atoms with Crippen LogP contribution < -0.4 is 0 Å². The molecule has 1 N–H and O–H groups in total. The fourth-order valence-electron chi connectivity index (χ4n) is 3.49. The zero-order chi connectivity index (χ0) is 22.2. The minimum absolute atomic E-state index is 0.0337. The van der Waals surface area contributed by atoms with Gasteiger partial charge in [0.05, 0.1) is 28.2 Å². The van der Waals surface area contributed by atoms with E-state index in [1.54, 1.807) is 30.3 Å². The number of alkyl halides is 3. The van der Waals surface area contributed by atoms with Crippen molar-refractivity contribution >= 4 is 21.9 Å². The van der Waals surface area contributed by atoms with Crippen molar-refractivity contribution < 1.29 is 23.1 Å². The number of benzene rings is 3. The lowest BCUT2D eigenvalue weighted by Crippen LogP contribution is -2.12. The topological polar surface area (TPSA) is 42.2 Å². The number of rotatable bonds is 4. The van der Waals surface area contributed by atoms with Crippen LogP contribution >= 0.6 is 15.9 Å². The molecule has 156 valence electrons. The number of halogens is 4. The molecule has 4 aromatic rings. The third-order valence-electron chi connectivity index (χ3n) is 4.88. The summed E-state index contributed by atoms with van der Waals surface area (Å²) < 4.78 is 43.9. The van der Waals surface area contributed by atoms with Crippen LogP contribution in [0, 0.1) is 0 Å². The number of carboxylic acid groups (broad SMARTS) is 1. The van der Waals surface area contributed by atoms with Crippen molar-refractivity contribution in [2.75, 3.05) is 0 Å². The van der Waals surface area contributed by atoms with Gasteiger partial charge in [0, 0.05) is 4.47 Å². The largest absolute Gasteiger partial charge is 0.478 e. The SMILES string of the molecule is O=C(O)c1cccc(-c2ccc(-c3ccc(Br)cc3)n2-c2ccccc2C(F)(F)F)c1. The quantitative estimate of drug-likeness (QED) is 0.329. The molecule has 3 aromatic carbocycles. The zero-order valence-corrected chi connectivity index (χ0v) is 17.5. The average molecular weight is 486 g/mol. The molecule has 0 spiro atoms. The Bertz CT molecular complexity index is 1260. The lowest BCUT2D eigenvalue weighted by atomic mass is 10.1. The van der Waals surface area contributed by atoms with Gasteiger partial charge in [-0.1, -0.05) is 52.3 Å². The van der Waals surface area contributed by atoms with Gasteiger partial charge in [0.15, 0.2) is 0 Å². The molecule has 0 bridgehead atoms. The van der Waals surface area contributed by atoms with Gasteiger partial charge < -0.3 is 9.67 Å². The lowest BCUT2D eigenvalue weighted by Gasteiger charge is -2.19. The number of carboxylic acids is 1. The highest BCUT2D eigenvalue weighted by Gasteiger charge is 2.34. The van der Waals surface area contributed by atoms with Gasteiger partial charge in [-0.05, 0) is 59.7 Å². The van der Waals surface area contributed by atoms with E-state index < -0.39 is 17.7 Å².